The van der Waals surface area contributed by atoms with Gasteiger partial charge >= 0.3 is 0 Å². The van der Waals surface area contributed by atoms with Crippen LogP contribution in [-0.2, 0) is 10.0 Å². The lowest BCUT2D eigenvalue weighted by molar-refractivity contribution is -0.387. The van der Waals surface area contributed by atoms with E-state index in [2.05, 4.69) is 0 Å². The van der Waals surface area contributed by atoms with E-state index in [1.54, 1.807) is 18.2 Å². The first-order valence-electron chi connectivity index (χ1n) is 5.82. The van der Waals surface area contributed by atoms with Crippen molar-refractivity contribution in [1.29, 1.82) is 0 Å². The molecule has 0 bridgehead atoms. The Hall–Kier alpha value is -2.12. The average Bonchev–Trinajstić information content (AvgIpc) is 2.46. The van der Waals surface area contributed by atoms with E-state index in [1.165, 1.54) is 31.3 Å². The van der Waals surface area contributed by atoms with E-state index in [9.17, 15) is 18.5 Å². The summed E-state index contributed by atoms with van der Waals surface area (Å²) in [6, 6.07) is 11.4. The minimum absolute atomic E-state index is 0.320. The summed E-state index contributed by atoms with van der Waals surface area (Å²) in [5, 5.41) is 11.4. The molecule has 0 saturated heterocycles. The minimum atomic E-state index is -4.05. The second-order valence-corrected chi connectivity index (χ2v) is 6.55. The zero-order chi connectivity index (χ0) is 15.6. The van der Waals surface area contributed by atoms with Gasteiger partial charge in [0.05, 0.1) is 10.6 Å². The molecule has 2 rings (SSSR count). The minimum Gasteiger partial charge on any atom is -0.269 e. The molecule has 0 unspecified atom stereocenters. The van der Waals surface area contributed by atoms with Crippen molar-refractivity contribution in [1.82, 2.24) is 0 Å². The van der Waals surface area contributed by atoms with Crippen LogP contribution in [0.25, 0.3) is 0 Å². The number of rotatable bonds is 4. The van der Waals surface area contributed by atoms with Crippen LogP contribution in [0.5, 0.6) is 0 Å². The molecule has 0 fully saturated rings. The quantitative estimate of drug-likeness (QED) is 0.638. The Kier molecular flexibility index (Phi) is 4.15. The predicted molar refractivity (Wildman–Crippen MR) is 80.1 cm³/mol. The topological polar surface area (TPSA) is 80.5 Å². The smallest absolute Gasteiger partial charge is 0.269 e. The molecule has 0 N–H and O–H groups in total. The Bertz CT molecular complexity index is 792. The molecule has 21 heavy (non-hydrogen) atoms. The van der Waals surface area contributed by atoms with Crippen LogP contribution in [-0.4, -0.2) is 20.4 Å². The number of hydrogen-bond acceptors (Lipinski definition) is 4. The molecule has 0 saturated carbocycles. The first kappa shape index (κ1) is 15.3. The Balaban J connectivity index is 2.55. The van der Waals surface area contributed by atoms with Crippen LogP contribution in [0.15, 0.2) is 53.4 Å². The Morgan fingerprint density at radius 3 is 2.43 bits per heavy atom. The zero-order valence-corrected chi connectivity index (χ0v) is 12.5. The number of benzene rings is 2. The van der Waals surface area contributed by atoms with Crippen LogP contribution in [0, 0.1) is 10.1 Å². The highest BCUT2D eigenvalue weighted by Crippen LogP contribution is 2.29. The van der Waals surface area contributed by atoms with Crippen molar-refractivity contribution < 1.29 is 13.3 Å². The summed E-state index contributed by atoms with van der Waals surface area (Å²) in [5.41, 5.74) is -0.146. The van der Waals surface area contributed by atoms with Crippen LogP contribution >= 0.6 is 11.6 Å². The fourth-order valence-corrected chi connectivity index (χ4v) is 3.31. The van der Waals surface area contributed by atoms with Gasteiger partial charge in [0.2, 0.25) is 0 Å². The van der Waals surface area contributed by atoms with Gasteiger partial charge in [-0.25, -0.2) is 8.42 Å². The van der Waals surface area contributed by atoms with Gasteiger partial charge in [-0.15, -0.1) is 0 Å². The van der Waals surface area contributed by atoms with E-state index >= 15 is 0 Å². The normalized spacial score (nSPS) is 11.1. The third-order valence-corrected chi connectivity index (χ3v) is 4.94. The maximum absolute atomic E-state index is 12.5. The molecule has 2 aromatic carbocycles. The number of nitro groups is 1. The third kappa shape index (κ3) is 2.98. The molecule has 2 aromatic rings. The summed E-state index contributed by atoms with van der Waals surface area (Å²) in [5.74, 6) is 0. The third-order valence-electron chi connectivity index (χ3n) is 2.87. The van der Waals surface area contributed by atoms with Crippen LogP contribution in [0.3, 0.4) is 0 Å². The lowest BCUT2D eigenvalue weighted by Gasteiger charge is -2.19. The van der Waals surface area contributed by atoms with Gasteiger partial charge in [-0.1, -0.05) is 29.8 Å². The van der Waals surface area contributed by atoms with E-state index in [-0.39, 0.29) is 4.90 Å². The zero-order valence-electron chi connectivity index (χ0n) is 10.9. The molecule has 110 valence electrons. The van der Waals surface area contributed by atoms with Crippen molar-refractivity contribution in [3.8, 4) is 0 Å². The molecule has 0 aliphatic rings. The number of nitro benzene ring substituents is 1. The lowest BCUT2D eigenvalue weighted by Crippen LogP contribution is -2.27. The van der Waals surface area contributed by atoms with E-state index in [1.807, 2.05) is 0 Å². The molecule has 0 spiro atoms. The highest BCUT2D eigenvalue weighted by molar-refractivity contribution is 7.93. The van der Waals surface area contributed by atoms with Gasteiger partial charge in [-0.3, -0.25) is 14.4 Å². The van der Waals surface area contributed by atoms with Gasteiger partial charge < -0.3 is 0 Å². The second kappa shape index (κ2) is 5.71. The molecular formula is C13H11ClN2O4S. The van der Waals surface area contributed by atoms with Crippen LogP contribution in [0.2, 0.25) is 5.02 Å². The van der Waals surface area contributed by atoms with E-state index in [0.717, 1.165) is 10.4 Å². The van der Waals surface area contributed by atoms with Crippen molar-refractivity contribution in [3.63, 3.8) is 0 Å². The summed E-state index contributed by atoms with van der Waals surface area (Å²) in [7, 11) is -2.73. The van der Waals surface area contributed by atoms with Crippen molar-refractivity contribution in [2.75, 3.05) is 11.4 Å². The SMILES string of the molecule is CN(c1cccc(Cl)c1)S(=O)(=O)c1ccccc1[N+](=O)[O-]. The van der Waals surface area contributed by atoms with Crippen molar-refractivity contribution >= 4 is 33.0 Å². The molecule has 0 aromatic heterocycles. The van der Waals surface area contributed by atoms with E-state index < -0.39 is 20.6 Å². The number of anilines is 1. The number of para-hydroxylation sites is 1. The van der Waals surface area contributed by atoms with Crippen molar-refractivity contribution in [2.45, 2.75) is 4.90 Å². The van der Waals surface area contributed by atoms with Crippen LogP contribution in [0.4, 0.5) is 11.4 Å². The summed E-state index contributed by atoms with van der Waals surface area (Å²) in [6.07, 6.45) is 0. The number of nitrogens with zero attached hydrogens (tertiary/aromatic N) is 2. The van der Waals surface area contributed by atoms with Gasteiger partial charge in [0.25, 0.3) is 15.7 Å². The summed E-state index contributed by atoms with van der Waals surface area (Å²) in [6.45, 7) is 0. The standard InChI is InChI=1S/C13H11ClN2O4S/c1-15(11-6-4-5-10(14)9-11)21(19,20)13-8-3-2-7-12(13)16(17)18/h2-9H,1H3. The molecule has 0 radical (unpaired) electrons. The molecule has 0 aliphatic carbocycles. The Morgan fingerprint density at radius 2 is 1.81 bits per heavy atom. The fraction of sp³-hybridized carbons (Fsp3) is 0.0769. The van der Waals surface area contributed by atoms with Crippen molar-refractivity contribution in [2.24, 2.45) is 0 Å². The van der Waals surface area contributed by atoms with Gasteiger partial charge in [0.15, 0.2) is 4.90 Å². The maximum atomic E-state index is 12.5. The highest BCUT2D eigenvalue weighted by atomic mass is 35.5. The molecule has 6 nitrogen and oxygen atoms in total. The summed E-state index contributed by atoms with van der Waals surface area (Å²) < 4.78 is 26.1. The van der Waals surface area contributed by atoms with Crippen LogP contribution in [0.1, 0.15) is 0 Å². The fourth-order valence-electron chi connectivity index (χ4n) is 1.78. The van der Waals surface area contributed by atoms with Gasteiger partial charge in [-0.2, -0.15) is 0 Å². The monoisotopic (exact) mass is 326 g/mol. The highest BCUT2D eigenvalue weighted by Gasteiger charge is 2.29. The largest absolute Gasteiger partial charge is 0.289 e. The molecule has 0 aliphatic heterocycles. The summed E-state index contributed by atoms with van der Waals surface area (Å²) >= 11 is 5.84. The number of hydrogen-bond donors (Lipinski definition) is 0. The molecule has 8 heteroatoms. The average molecular weight is 327 g/mol. The first-order chi connectivity index (χ1) is 9.84. The Labute approximate surface area is 126 Å². The number of halogens is 1. The van der Waals surface area contributed by atoms with Gasteiger partial charge in [0, 0.05) is 18.1 Å². The van der Waals surface area contributed by atoms with Gasteiger partial charge in [0.1, 0.15) is 0 Å². The first-order valence-corrected chi connectivity index (χ1v) is 7.64. The van der Waals surface area contributed by atoms with Gasteiger partial charge in [-0.05, 0) is 24.3 Å². The molecular weight excluding hydrogens is 316 g/mol. The molecule has 0 amide bonds. The maximum Gasteiger partial charge on any atom is 0.289 e. The molecule has 0 heterocycles. The van der Waals surface area contributed by atoms with Crippen molar-refractivity contribution in [3.05, 3.63) is 63.7 Å². The van der Waals surface area contributed by atoms with E-state index in [4.69, 9.17) is 11.6 Å². The predicted octanol–water partition coefficient (Wildman–Crippen LogP) is 3.07. The molecule has 0 atom stereocenters. The van der Waals surface area contributed by atoms with Crippen LogP contribution < -0.4 is 4.31 Å². The second-order valence-electron chi connectivity index (χ2n) is 4.18. The van der Waals surface area contributed by atoms with E-state index in [0.29, 0.717) is 10.7 Å². The lowest BCUT2D eigenvalue weighted by atomic mass is 10.3. The Morgan fingerprint density at radius 1 is 1.14 bits per heavy atom. The summed E-state index contributed by atoms with van der Waals surface area (Å²) in [4.78, 5) is 9.90. The number of sulfonamides is 1.